The van der Waals surface area contributed by atoms with Crippen molar-refractivity contribution < 1.29 is 27.9 Å². The lowest BCUT2D eigenvalue weighted by Crippen LogP contribution is -2.49. The van der Waals surface area contributed by atoms with Crippen LogP contribution in [-0.4, -0.2) is 54.6 Å². The number of fused-ring (bicyclic) bond motifs is 2. The third-order valence-electron chi connectivity index (χ3n) is 9.44. The number of benzene rings is 2. The highest BCUT2D eigenvalue weighted by molar-refractivity contribution is 7.89. The van der Waals surface area contributed by atoms with Crippen LogP contribution in [-0.2, 0) is 32.5 Å². The summed E-state index contributed by atoms with van der Waals surface area (Å²) in [5, 5.41) is 15.5. The minimum atomic E-state index is -4.06. The van der Waals surface area contributed by atoms with Crippen LogP contribution < -0.4 is 15.4 Å². The van der Waals surface area contributed by atoms with Gasteiger partial charge in [0.25, 0.3) is 0 Å². The van der Waals surface area contributed by atoms with Crippen molar-refractivity contribution in [2.24, 2.45) is 16.7 Å². The highest BCUT2D eigenvalue weighted by Crippen LogP contribution is 2.64. The van der Waals surface area contributed by atoms with E-state index < -0.39 is 38.6 Å². The summed E-state index contributed by atoms with van der Waals surface area (Å²) >= 11 is 0. The van der Waals surface area contributed by atoms with Gasteiger partial charge in [-0.15, -0.1) is 0 Å². The van der Waals surface area contributed by atoms with Gasteiger partial charge in [0.2, 0.25) is 10.0 Å². The number of nitrogens with zero attached hydrogens (tertiary/aromatic N) is 1. The average molecular weight is 619 g/mol. The molecule has 5 rings (SSSR count). The zero-order chi connectivity index (χ0) is 31.5. The Hall–Kier alpha value is -4.09. The summed E-state index contributed by atoms with van der Waals surface area (Å²) < 4.78 is 28.8. The second kappa shape index (κ2) is 12.5. The standard InChI is InChI=1S/C33H38N4O6S/c1-32(2)25-13-15-33(32,29(38)20-25)21-44(42,43)37-28(30(39)40)18-22-9-11-23(12-10-22)24-6-5-8-27(19-24)36-31(41)35-17-14-26-7-3-4-16-34-26/h3-12,16,19,25,28,37H,13-15,17-18,20-21H2,1-2H3,(H,39,40)(H2,35,36,41)/t25-,28?,33-/m1/s1. The molecule has 232 valence electrons. The van der Waals surface area contributed by atoms with E-state index >= 15 is 0 Å². The molecule has 2 aliphatic rings. The van der Waals surface area contributed by atoms with Gasteiger partial charge in [0.1, 0.15) is 11.8 Å². The van der Waals surface area contributed by atoms with E-state index in [2.05, 4.69) is 20.3 Å². The second-order valence-corrected chi connectivity index (χ2v) is 14.1. The first-order valence-corrected chi connectivity index (χ1v) is 16.4. The zero-order valence-corrected chi connectivity index (χ0v) is 25.7. The summed E-state index contributed by atoms with van der Waals surface area (Å²) in [4.78, 5) is 41.5. The molecule has 4 N–H and O–H groups in total. The number of carbonyl (C=O) groups is 3. The molecule has 1 aromatic heterocycles. The van der Waals surface area contributed by atoms with E-state index in [1.54, 1.807) is 24.4 Å². The molecule has 10 nitrogen and oxygen atoms in total. The van der Waals surface area contributed by atoms with Gasteiger partial charge in [0.05, 0.1) is 5.75 Å². The minimum absolute atomic E-state index is 0.0351. The van der Waals surface area contributed by atoms with Crippen molar-refractivity contribution in [2.45, 2.75) is 52.0 Å². The molecule has 0 saturated heterocycles. The maximum Gasteiger partial charge on any atom is 0.322 e. The lowest BCUT2D eigenvalue weighted by Gasteiger charge is -2.36. The van der Waals surface area contributed by atoms with Crippen molar-refractivity contribution in [3.05, 3.63) is 84.2 Å². The van der Waals surface area contributed by atoms with Gasteiger partial charge in [0.15, 0.2) is 0 Å². The zero-order valence-electron chi connectivity index (χ0n) is 24.9. The Bertz CT molecular complexity index is 1640. The van der Waals surface area contributed by atoms with E-state index in [0.29, 0.717) is 37.1 Å². The quantitative estimate of drug-likeness (QED) is 0.234. The first-order valence-electron chi connectivity index (χ1n) is 14.8. The fourth-order valence-corrected chi connectivity index (χ4v) is 8.77. The molecule has 2 saturated carbocycles. The predicted octanol–water partition coefficient (Wildman–Crippen LogP) is 4.42. The van der Waals surface area contributed by atoms with Crippen LogP contribution in [0, 0.1) is 16.7 Å². The van der Waals surface area contributed by atoms with E-state index in [1.807, 2.05) is 62.4 Å². The topological polar surface area (TPSA) is 155 Å². The first-order chi connectivity index (χ1) is 20.9. The summed E-state index contributed by atoms with van der Waals surface area (Å²) in [6.45, 7) is 4.34. The number of Topliss-reactive ketones (excluding diaryl/α,β-unsaturated/α-hetero) is 1. The molecule has 1 unspecified atom stereocenters. The molecule has 2 bridgehead atoms. The third-order valence-corrected chi connectivity index (χ3v) is 11.0. The Balaban J connectivity index is 1.19. The molecule has 2 aliphatic carbocycles. The van der Waals surface area contributed by atoms with Crippen LogP contribution >= 0.6 is 0 Å². The number of ketones is 1. The van der Waals surface area contributed by atoms with Gasteiger partial charge in [-0.2, -0.15) is 0 Å². The molecular formula is C33H38N4O6S. The molecule has 2 aromatic carbocycles. The van der Waals surface area contributed by atoms with Gasteiger partial charge in [0, 0.05) is 42.4 Å². The summed E-state index contributed by atoms with van der Waals surface area (Å²) in [5.74, 6) is -1.55. The van der Waals surface area contributed by atoms with Gasteiger partial charge in [-0.05, 0) is 71.6 Å². The van der Waals surface area contributed by atoms with Crippen molar-refractivity contribution in [1.29, 1.82) is 0 Å². The summed E-state index contributed by atoms with van der Waals surface area (Å²) in [6.07, 6.45) is 3.98. The maximum absolute atomic E-state index is 13.2. The van der Waals surface area contributed by atoms with E-state index in [-0.39, 0.29) is 24.2 Å². The Morgan fingerprint density at radius 1 is 1.05 bits per heavy atom. The SMILES string of the molecule is CC1(C)[C@@H]2CC[C@@]1(CS(=O)(=O)NC(Cc1ccc(-c3cccc(NC(=O)NCCc4ccccn4)c3)cc1)C(=O)O)C(=O)C2. The number of rotatable bonds is 12. The number of carboxylic acid groups (broad SMARTS) is 1. The van der Waals surface area contributed by atoms with Gasteiger partial charge in [-0.1, -0.05) is 56.3 Å². The minimum Gasteiger partial charge on any atom is -0.480 e. The number of hydrogen-bond donors (Lipinski definition) is 4. The van der Waals surface area contributed by atoms with E-state index in [9.17, 15) is 27.9 Å². The first kappa shape index (κ1) is 31.3. The van der Waals surface area contributed by atoms with Crippen molar-refractivity contribution in [3.8, 4) is 11.1 Å². The van der Waals surface area contributed by atoms with Crippen LogP contribution in [0.5, 0.6) is 0 Å². The Kier molecular flexibility index (Phi) is 8.90. The van der Waals surface area contributed by atoms with Gasteiger partial charge >= 0.3 is 12.0 Å². The fourth-order valence-electron chi connectivity index (χ4n) is 6.74. The number of urea groups is 1. The number of pyridine rings is 1. The Morgan fingerprint density at radius 3 is 2.45 bits per heavy atom. The van der Waals surface area contributed by atoms with Crippen LogP contribution in [0.3, 0.4) is 0 Å². The monoisotopic (exact) mass is 618 g/mol. The number of aromatic nitrogens is 1. The molecule has 1 heterocycles. The smallest absolute Gasteiger partial charge is 0.322 e. The van der Waals surface area contributed by atoms with Crippen molar-refractivity contribution in [3.63, 3.8) is 0 Å². The van der Waals surface area contributed by atoms with Crippen LogP contribution in [0.25, 0.3) is 11.1 Å². The van der Waals surface area contributed by atoms with Crippen molar-refractivity contribution >= 4 is 33.5 Å². The molecular weight excluding hydrogens is 580 g/mol. The number of nitrogens with one attached hydrogen (secondary N) is 3. The molecule has 2 fully saturated rings. The molecule has 44 heavy (non-hydrogen) atoms. The lowest BCUT2D eigenvalue weighted by atomic mass is 9.70. The number of carboxylic acids is 1. The van der Waals surface area contributed by atoms with Crippen LogP contribution in [0.4, 0.5) is 10.5 Å². The molecule has 3 aromatic rings. The van der Waals surface area contributed by atoms with E-state index in [4.69, 9.17) is 0 Å². The normalized spacial score (nSPS) is 21.1. The second-order valence-electron chi connectivity index (χ2n) is 12.4. The molecule has 0 radical (unpaired) electrons. The number of carbonyl (C=O) groups excluding carboxylic acids is 2. The highest BCUT2D eigenvalue weighted by atomic mass is 32.2. The maximum atomic E-state index is 13.2. The number of amides is 2. The van der Waals surface area contributed by atoms with Gasteiger partial charge in [-0.3, -0.25) is 14.6 Å². The molecule has 0 aliphatic heterocycles. The van der Waals surface area contributed by atoms with Gasteiger partial charge in [-0.25, -0.2) is 17.9 Å². The average Bonchev–Trinajstić information content (AvgIpc) is 3.32. The summed E-state index contributed by atoms with van der Waals surface area (Å²) in [7, 11) is -4.06. The van der Waals surface area contributed by atoms with Crippen molar-refractivity contribution in [2.75, 3.05) is 17.6 Å². The number of sulfonamides is 1. The summed E-state index contributed by atoms with van der Waals surface area (Å²) in [5.41, 5.74) is 2.41. The van der Waals surface area contributed by atoms with Crippen LogP contribution in [0.2, 0.25) is 0 Å². The van der Waals surface area contributed by atoms with Crippen LogP contribution in [0.15, 0.2) is 72.9 Å². The number of anilines is 1. The number of aliphatic carboxylic acids is 1. The summed E-state index contributed by atoms with van der Waals surface area (Å²) in [6, 6.07) is 18.4. The lowest BCUT2D eigenvalue weighted by molar-refractivity contribution is -0.138. The predicted molar refractivity (Wildman–Crippen MR) is 167 cm³/mol. The Labute approximate surface area is 257 Å². The molecule has 0 spiro atoms. The molecule has 2 amide bonds. The fraction of sp³-hybridized carbons (Fsp3) is 0.394. The third kappa shape index (κ3) is 6.68. The Morgan fingerprint density at radius 2 is 1.82 bits per heavy atom. The van der Waals surface area contributed by atoms with E-state index in [0.717, 1.165) is 23.2 Å². The molecule has 3 atom stereocenters. The largest absolute Gasteiger partial charge is 0.480 e. The van der Waals surface area contributed by atoms with Crippen LogP contribution in [0.1, 0.15) is 44.4 Å². The van der Waals surface area contributed by atoms with Crippen molar-refractivity contribution in [1.82, 2.24) is 15.0 Å². The number of hydrogen-bond acceptors (Lipinski definition) is 6. The molecule has 11 heteroatoms. The van der Waals surface area contributed by atoms with E-state index in [1.165, 1.54) is 0 Å². The highest BCUT2D eigenvalue weighted by Gasteiger charge is 2.65. The van der Waals surface area contributed by atoms with Gasteiger partial charge < -0.3 is 15.7 Å².